The summed E-state index contributed by atoms with van der Waals surface area (Å²) in [5.74, 6) is -5.65. The van der Waals surface area contributed by atoms with E-state index >= 15 is 0 Å². The van der Waals surface area contributed by atoms with Crippen LogP contribution in [0.15, 0.2) is 60.7 Å². The van der Waals surface area contributed by atoms with Gasteiger partial charge in [0.15, 0.2) is 12.2 Å². The molecular weight excluding hydrogens is 624 g/mol. The normalized spacial score (nSPS) is 16.9. The van der Waals surface area contributed by atoms with Gasteiger partial charge in [0, 0.05) is 20.0 Å². The summed E-state index contributed by atoms with van der Waals surface area (Å²) in [6, 6.07) is 14.3. The summed E-state index contributed by atoms with van der Waals surface area (Å²) in [5, 5.41) is 15.5. The minimum Gasteiger partial charge on any atom is -0.463 e. The van der Waals surface area contributed by atoms with Crippen molar-refractivity contribution in [2.45, 2.75) is 77.4 Å². The summed E-state index contributed by atoms with van der Waals surface area (Å²) in [4.78, 5) is 91.6. The van der Waals surface area contributed by atoms with E-state index in [-0.39, 0.29) is 24.4 Å². The smallest absolute Gasteiger partial charge is 0.433 e. The molecule has 2 aromatic rings. The van der Waals surface area contributed by atoms with Gasteiger partial charge in [0.1, 0.15) is 12.1 Å². The van der Waals surface area contributed by atoms with E-state index in [1.807, 2.05) is 36.4 Å². The highest BCUT2D eigenvalue weighted by atomic mass is 16.6. The molecule has 0 saturated carbocycles. The SMILES string of the molecule is CC(NC(=O)[C@@H]1O[C@H]1C(=O)N(C(=O)O)N(C)C(=O)[C@H](C)N(C(=O)CCc1ccccc1)C(=O)[C@@H](N)C(C)C)C(=O)NCc1ccccc1. The third kappa shape index (κ3) is 9.45. The number of benzene rings is 2. The van der Waals surface area contributed by atoms with E-state index in [2.05, 4.69) is 10.6 Å². The van der Waals surface area contributed by atoms with Gasteiger partial charge in [-0.3, -0.25) is 33.7 Å². The van der Waals surface area contributed by atoms with E-state index in [1.54, 1.807) is 38.1 Å². The van der Waals surface area contributed by atoms with Gasteiger partial charge in [-0.1, -0.05) is 74.5 Å². The summed E-state index contributed by atoms with van der Waals surface area (Å²) in [6.07, 6.45) is -4.78. The van der Waals surface area contributed by atoms with Gasteiger partial charge in [0.05, 0.1) is 6.04 Å². The van der Waals surface area contributed by atoms with E-state index in [0.29, 0.717) is 9.91 Å². The maximum Gasteiger partial charge on any atom is 0.433 e. The molecule has 48 heavy (non-hydrogen) atoms. The number of aryl methyl sites for hydroxylation is 1. The predicted molar refractivity (Wildman–Crippen MR) is 171 cm³/mol. The summed E-state index contributed by atoms with van der Waals surface area (Å²) in [5.41, 5.74) is 7.71. The number of amides is 7. The lowest BCUT2D eigenvalue weighted by atomic mass is 10.0. The van der Waals surface area contributed by atoms with Crippen LogP contribution in [0.4, 0.5) is 4.79 Å². The molecule has 5 N–H and O–H groups in total. The van der Waals surface area contributed by atoms with Gasteiger partial charge >= 0.3 is 6.09 Å². The van der Waals surface area contributed by atoms with E-state index < -0.39 is 77.8 Å². The molecule has 5 atom stereocenters. The molecule has 1 unspecified atom stereocenters. The summed E-state index contributed by atoms with van der Waals surface area (Å²) >= 11 is 0. The number of hydrazine groups is 1. The van der Waals surface area contributed by atoms with Crippen LogP contribution >= 0.6 is 0 Å². The van der Waals surface area contributed by atoms with Crippen molar-refractivity contribution in [1.82, 2.24) is 25.6 Å². The summed E-state index contributed by atoms with van der Waals surface area (Å²) < 4.78 is 5.16. The lowest BCUT2D eigenvalue weighted by molar-refractivity contribution is -0.165. The fourth-order valence-corrected chi connectivity index (χ4v) is 4.76. The van der Waals surface area contributed by atoms with Crippen LogP contribution < -0.4 is 16.4 Å². The van der Waals surface area contributed by atoms with Crippen molar-refractivity contribution in [3.63, 3.8) is 0 Å². The average Bonchev–Trinajstić information content (AvgIpc) is 3.87. The molecule has 0 bridgehead atoms. The lowest BCUT2D eigenvalue weighted by Crippen LogP contribution is -2.60. The van der Waals surface area contributed by atoms with Crippen molar-refractivity contribution >= 4 is 41.5 Å². The number of epoxide rings is 1. The number of rotatable bonds is 13. The third-order valence-corrected chi connectivity index (χ3v) is 7.79. The van der Waals surface area contributed by atoms with Crippen molar-refractivity contribution in [2.75, 3.05) is 7.05 Å². The third-order valence-electron chi connectivity index (χ3n) is 7.79. The monoisotopic (exact) mass is 666 g/mol. The van der Waals surface area contributed by atoms with Gasteiger partial charge in [-0.05, 0) is 37.3 Å². The highest BCUT2D eigenvalue weighted by Gasteiger charge is 2.55. The molecule has 0 radical (unpaired) electrons. The van der Waals surface area contributed by atoms with E-state index in [1.165, 1.54) is 13.8 Å². The second-order valence-corrected chi connectivity index (χ2v) is 11.7. The molecule has 1 fully saturated rings. The van der Waals surface area contributed by atoms with Crippen molar-refractivity contribution in [1.29, 1.82) is 0 Å². The molecule has 3 rings (SSSR count). The number of nitrogens with one attached hydrogen (secondary N) is 2. The van der Waals surface area contributed by atoms with Crippen LogP contribution in [-0.2, 0) is 46.5 Å². The molecule has 15 nitrogen and oxygen atoms in total. The van der Waals surface area contributed by atoms with E-state index in [4.69, 9.17) is 10.5 Å². The Kier molecular flexibility index (Phi) is 12.9. The standard InChI is InChI=1S/C33H42N6O9/c1-19(2)25(34)31(44)38(24(40)17-16-22-12-8-6-9-13-22)21(4)30(43)37(5)39(33(46)47)32(45)27-26(48-27)29(42)36-20(3)28(41)35-18-23-14-10-7-11-15-23/h6-15,19-21,25-27H,16-18,34H2,1-5H3,(H,35,41)(H,36,42)(H,46,47)/t20?,21-,25-,26+,27+/m0/s1. The Morgan fingerprint density at radius 2 is 1.42 bits per heavy atom. The number of hydrogen-bond acceptors (Lipinski definition) is 9. The van der Waals surface area contributed by atoms with Crippen LogP contribution in [0.25, 0.3) is 0 Å². The van der Waals surface area contributed by atoms with Crippen LogP contribution in [0.1, 0.15) is 45.2 Å². The zero-order valence-corrected chi connectivity index (χ0v) is 27.5. The van der Waals surface area contributed by atoms with Crippen LogP contribution in [0.2, 0.25) is 0 Å². The molecular formula is C33H42N6O9. The zero-order valence-electron chi connectivity index (χ0n) is 27.5. The van der Waals surface area contributed by atoms with Crippen molar-refractivity contribution < 1.29 is 43.4 Å². The molecule has 1 aliphatic heterocycles. The number of nitrogens with zero attached hydrogens (tertiary/aromatic N) is 3. The van der Waals surface area contributed by atoms with Crippen LogP contribution in [0.5, 0.6) is 0 Å². The average molecular weight is 667 g/mol. The Balaban J connectivity index is 1.67. The Morgan fingerprint density at radius 3 is 1.96 bits per heavy atom. The van der Waals surface area contributed by atoms with Crippen LogP contribution in [-0.4, -0.2) is 98.9 Å². The first-order chi connectivity index (χ1) is 22.6. The summed E-state index contributed by atoms with van der Waals surface area (Å²) in [7, 11) is 0.973. The fourth-order valence-electron chi connectivity index (χ4n) is 4.76. The van der Waals surface area contributed by atoms with E-state index in [0.717, 1.165) is 18.2 Å². The molecule has 1 saturated heterocycles. The molecule has 0 aliphatic carbocycles. The highest BCUT2D eigenvalue weighted by molar-refractivity contribution is 6.05. The largest absolute Gasteiger partial charge is 0.463 e. The van der Waals surface area contributed by atoms with Crippen molar-refractivity contribution in [3.8, 4) is 0 Å². The van der Waals surface area contributed by atoms with Gasteiger partial charge < -0.3 is 26.2 Å². The number of carbonyl (C=O) groups is 7. The first-order valence-electron chi connectivity index (χ1n) is 15.4. The van der Waals surface area contributed by atoms with Crippen LogP contribution in [0.3, 0.4) is 0 Å². The quantitative estimate of drug-likeness (QED) is 0.175. The number of carboxylic acid groups (broad SMARTS) is 1. The second kappa shape index (κ2) is 16.6. The second-order valence-electron chi connectivity index (χ2n) is 11.7. The lowest BCUT2D eigenvalue weighted by Gasteiger charge is -2.34. The highest BCUT2D eigenvalue weighted by Crippen LogP contribution is 2.26. The van der Waals surface area contributed by atoms with Gasteiger partial charge in [0.25, 0.3) is 17.7 Å². The first-order valence-corrected chi connectivity index (χ1v) is 15.4. The summed E-state index contributed by atoms with van der Waals surface area (Å²) in [6.45, 7) is 6.20. The molecule has 2 aromatic carbocycles. The van der Waals surface area contributed by atoms with Crippen LogP contribution in [0, 0.1) is 5.92 Å². The molecule has 0 aromatic heterocycles. The minimum atomic E-state index is -1.88. The number of likely N-dealkylation sites (N-methyl/N-ethyl adjacent to an activating group) is 1. The van der Waals surface area contributed by atoms with Gasteiger partial charge in [-0.15, -0.1) is 5.01 Å². The predicted octanol–water partition coefficient (Wildman–Crippen LogP) is 0.815. The van der Waals surface area contributed by atoms with Crippen molar-refractivity contribution in [2.24, 2.45) is 11.7 Å². The molecule has 15 heteroatoms. The molecule has 1 aliphatic rings. The topological polar surface area (TPSA) is 212 Å². The molecule has 7 amide bonds. The van der Waals surface area contributed by atoms with E-state index in [9.17, 15) is 38.7 Å². The maximum absolute atomic E-state index is 13.6. The Morgan fingerprint density at radius 1 is 0.854 bits per heavy atom. The van der Waals surface area contributed by atoms with Gasteiger partial charge in [0.2, 0.25) is 17.7 Å². The number of imide groups is 2. The number of nitrogens with two attached hydrogens (primary N) is 1. The Labute approximate surface area is 278 Å². The van der Waals surface area contributed by atoms with Gasteiger partial charge in [-0.2, -0.15) is 0 Å². The Bertz CT molecular complexity index is 1500. The minimum absolute atomic E-state index is 0.0479. The zero-order chi connectivity index (χ0) is 35.7. The maximum atomic E-state index is 13.6. The van der Waals surface area contributed by atoms with Gasteiger partial charge in [-0.25, -0.2) is 9.80 Å². The Hall–Kier alpha value is -5.15. The van der Waals surface area contributed by atoms with Crippen molar-refractivity contribution in [3.05, 3.63) is 71.8 Å². The number of ether oxygens (including phenoxy) is 1. The molecule has 0 spiro atoms. The molecule has 1 heterocycles. The molecule has 258 valence electrons. The first kappa shape index (κ1) is 37.3. The fraction of sp³-hybridized carbons (Fsp3) is 0.424. The number of carbonyl (C=O) groups excluding carboxylic acids is 6. The number of hydrogen-bond donors (Lipinski definition) is 4.